The van der Waals surface area contributed by atoms with Crippen LogP contribution in [0.4, 0.5) is 5.69 Å². The van der Waals surface area contributed by atoms with Gasteiger partial charge in [0.15, 0.2) is 0 Å². The minimum atomic E-state index is -0.467. The average Bonchev–Trinajstić information content (AvgIpc) is 2.26. The number of nitro groups is 1. The van der Waals surface area contributed by atoms with Crippen LogP contribution in [-0.4, -0.2) is 29.8 Å². The number of non-ortho nitro benzene ring substituents is 1. The molecule has 1 aromatic rings. The van der Waals surface area contributed by atoms with E-state index in [0.717, 1.165) is 0 Å². The molecule has 0 aromatic heterocycles. The van der Waals surface area contributed by atoms with Gasteiger partial charge in [-0.05, 0) is 11.6 Å². The molecule has 0 aliphatic rings. The number of hydrogen-bond acceptors (Lipinski definition) is 3. The number of nitrogens with zero attached hydrogens (tertiary/aromatic N) is 2. The summed E-state index contributed by atoms with van der Waals surface area (Å²) >= 11 is 0. The van der Waals surface area contributed by atoms with Crippen LogP contribution < -0.4 is 0 Å². The molecule has 0 fully saturated rings. The van der Waals surface area contributed by atoms with E-state index in [1.165, 1.54) is 23.1 Å². The van der Waals surface area contributed by atoms with E-state index in [0.29, 0.717) is 5.56 Å². The van der Waals surface area contributed by atoms with Gasteiger partial charge in [-0.15, -0.1) is 0 Å². The number of likely N-dealkylation sites (N-methyl/N-ethyl adjacent to an activating group) is 1. The van der Waals surface area contributed by atoms with E-state index in [1.807, 2.05) is 0 Å². The Morgan fingerprint density at radius 1 is 1.44 bits per heavy atom. The van der Waals surface area contributed by atoms with E-state index in [1.54, 1.807) is 32.3 Å². The lowest BCUT2D eigenvalue weighted by Gasteiger charge is -2.04. The van der Waals surface area contributed by atoms with Crippen LogP contribution in [-0.2, 0) is 4.79 Å². The van der Waals surface area contributed by atoms with Gasteiger partial charge < -0.3 is 4.90 Å². The van der Waals surface area contributed by atoms with Crippen molar-refractivity contribution in [1.29, 1.82) is 0 Å². The number of nitro benzene ring substituents is 1. The van der Waals surface area contributed by atoms with Gasteiger partial charge in [0.2, 0.25) is 5.91 Å². The second-order valence-corrected chi connectivity index (χ2v) is 3.42. The fourth-order valence-corrected chi connectivity index (χ4v) is 1.06. The number of hydrogen-bond donors (Lipinski definition) is 0. The Bertz CT molecular complexity index is 439. The quantitative estimate of drug-likeness (QED) is 0.442. The van der Waals surface area contributed by atoms with E-state index in [9.17, 15) is 14.9 Å². The van der Waals surface area contributed by atoms with Gasteiger partial charge in [-0.25, -0.2) is 0 Å². The van der Waals surface area contributed by atoms with Gasteiger partial charge in [0, 0.05) is 32.3 Å². The molecule has 1 rings (SSSR count). The van der Waals surface area contributed by atoms with Gasteiger partial charge in [-0.2, -0.15) is 0 Å². The van der Waals surface area contributed by atoms with Crippen LogP contribution in [0.1, 0.15) is 5.56 Å². The Morgan fingerprint density at radius 3 is 2.69 bits per heavy atom. The molecule has 0 spiro atoms. The smallest absolute Gasteiger partial charge is 0.270 e. The van der Waals surface area contributed by atoms with Gasteiger partial charge in [0.25, 0.3) is 5.69 Å². The van der Waals surface area contributed by atoms with Crippen molar-refractivity contribution >= 4 is 17.7 Å². The first-order chi connectivity index (χ1) is 7.50. The minimum absolute atomic E-state index is 0.0134. The van der Waals surface area contributed by atoms with Crippen molar-refractivity contribution in [2.24, 2.45) is 0 Å². The summed E-state index contributed by atoms with van der Waals surface area (Å²) in [6.07, 6.45) is 2.92. The van der Waals surface area contributed by atoms with Crippen LogP contribution in [0.5, 0.6) is 0 Å². The lowest BCUT2D eigenvalue weighted by molar-refractivity contribution is -0.384. The molecular formula is C11H12N2O3. The largest absolute Gasteiger partial charge is 0.345 e. The molecule has 0 unspecified atom stereocenters. The molecule has 0 atom stereocenters. The van der Waals surface area contributed by atoms with Crippen molar-refractivity contribution in [3.05, 3.63) is 46.0 Å². The molecule has 0 saturated carbocycles. The number of carbonyl (C=O) groups excluding carboxylic acids is 1. The summed E-state index contributed by atoms with van der Waals surface area (Å²) in [4.78, 5) is 22.7. The molecule has 1 amide bonds. The zero-order chi connectivity index (χ0) is 12.1. The molecule has 0 bridgehead atoms. The molecule has 5 nitrogen and oxygen atoms in total. The predicted octanol–water partition coefficient (Wildman–Crippen LogP) is 1.70. The Morgan fingerprint density at radius 2 is 2.12 bits per heavy atom. The lowest BCUT2D eigenvalue weighted by Crippen LogP contribution is -2.18. The molecule has 0 aliphatic heterocycles. The summed E-state index contributed by atoms with van der Waals surface area (Å²) in [7, 11) is 3.28. The first-order valence-corrected chi connectivity index (χ1v) is 4.64. The van der Waals surface area contributed by atoms with Gasteiger partial charge in [-0.1, -0.05) is 12.1 Å². The summed E-state index contributed by atoms with van der Waals surface area (Å²) in [5.41, 5.74) is 0.642. The maximum atomic E-state index is 11.2. The monoisotopic (exact) mass is 220 g/mol. The third-order valence-electron chi connectivity index (χ3n) is 1.94. The topological polar surface area (TPSA) is 63.5 Å². The SMILES string of the molecule is CN(C)C(=O)/C=C/c1cccc([N+](=O)[O-])c1. The van der Waals surface area contributed by atoms with Crippen molar-refractivity contribution in [3.8, 4) is 0 Å². The van der Waals surface area contributed by atoms with Crippen molar-refractivity contribution < 1.29 is 9.72 Å². The van der Waals surface area contributed by atoms with Crippen LogP contribution in [0.25, 0.3) is 6.08 Å². The Hall–Kier alpha value is -2.17. The summed E-state index contributed by atoms with van der Waals surface area (Å²) in [6, 6.07) is 6.11. The van der Waals surface area contributed by atoms with Crippen molar-refractivity contribution in [2.45, 2.75) is 0 Å². The summed E-state index contributed by atoms with van der Waals surface area (Å²) in [5.74, 6) is -0.161. The number of benzene rings is 1. The number of carbonyl (C=O) groups is 1. The van der Waals surface area contributed by atoms with Crippen LogP contribution in [0, 0.1) is 10.1 Å². The minimum Gasteiger partial charge on any atom is -0.345 e. The van der Waals surface area contributed by atoms with Crippen LogP contribution in [0.15, 0.2) is 30.3 Å². The fraction of sp³-hybridized carbons (Fsp3) is 0.182. The van der Waals surface area contributed by atoms with Crippen LogP contribution in [0.2, 0.25) is 0 Å². The predicted molar refractivity (Wildman–Crippen MR) is 60.8 cm³/mol. The third-order valence-corrected chi connectivity index (χ3v) is 1.94. The molecule has 84 valence electrons. The van der Waals surface area contributed by atoms with Gasteiger partial charge in [0.05, 0.1) is 4.92 Å². The molecule has 0 aliphatic carbocycles. The molecule has 0 N–H and O–H groups in total. The molecule has 0 radical (unpaired) electrons. The standard InChI is InChI=1S/C11H12N2O3/c1-12(2)11(14)7-6-9-4-3-5-10(8-9)13(15)16/h3-8H,1-2H3/b7-6+. The maximum Gasteiger partial charge on any atom is 0.270 e. The zero-order valence-electron chi connectivity index (χ0n) is 9.08. The van der Waals surface area contributed by atoms with Gasteiger partial charge in [0.1, 0.15) is 0 Å². The van der Waals surface area contributed by atoms with Gasteiger partial charge in [-0.3, -0.25) is 14.9 Å². The molecule has 0 heterocycles. The normalized spacial score (nSPS) is 10.4. The Balaban J connectivity index is 2.86. The van der Waals surface area contributed by atoms with Crippen LogP contribution >= 0.6 is 0 Å². The van der Waals surface area contributed by atoms with E-state index < -0.39 is 4.92 Å². The Labute approximate surface area is 93.1 Å². The molecule has 0 saturated heterocycles. The summed E-state index contributed by atoms with van der Waals surface area (Å²) < 4.78 is 0. The van der Waals surface area contributed by atoms with Gasteiger partial charge >= 0.3 is 0 Å². The molecular weight excluding hydrogens is 208 g/mol. The molecule has 5 heteroatoms. The highest BCUT2D eigenvalue weighted by Crippen LogP contribution is 2.14. The maximum absolute atomic E-state index is 11.2. The summed E-state index contributed by atoms with van der Waals surface area (Å²) in [6.45, 7) is 0. The number of amides is 1. The second kappa shape index (κ2) is 5.06. The van der Waals surface area contributed by atoms with Crippen molar-refractivity contribution in [3.63, 3.8) is 0 Å². The highest BCUT2D eigenvalue weighted by molar-refractivity contribution is 5.91. The average molecular weight is 220 g/mol. The van der Waals surface area contributed by atoms with E-state index in [2.05, 4.69) is 0 Å². The van der Waals surface area contributed by atoms with E-state index >= 15 is 0 Å². The lowest BCUT2D eigenvalue weighted by atomic mass is 10.2. The van der Waals surface area contributed by atoms with Crippen molar-refractivity contribution in [2.75, 3.05) is 14.1 Å². The highest BCUT2D eigenvalue weighted by atomic mass is 16.6. The first kappa shape index (κ1) is 11.9. The third kappa shape index (κ3) is 3.20. The second-order valence-electron chi connectivity index (χ2n) is 3.42. The van der Waals surface area contributed by atoms with Crippen LogP contribution in [0.3, 0.4) is 0 Å². The molecule has 16 heavy (non-hydrogen) atoms. The van der Waals surface area contributed by atoms with Crippen molar-refractivity contribution in [1.82, 2.24) is 4.90 Å². The zero-order valence-corrected chi connectivity index (χ0v) is 9.08. The first-order valence-electron chi connectivity index (χ1n) is 4.64. The number of rotatable bonds is 3. The summed E-state index contributed by atoms with van der Waals surface area (Å²) in [5, 5.41) is 10.5. The molecule has 1 aromatic carbocycles. The highest BCUT2D eigenvalue weighted by Gasteiger charge is 2.04. The fourth-order valence-electron chi connectivity index (χ4n) is 1.06. The van der Waals surface area contributed by atoms with E-state index in [4.69, 9.17) is 0 Å². The Kier molecular flexibility index (Phi) is 3.77. The van der Waals surface area contributed by atoms with E-state index in [-0.39, 0.29) is 11.6 Å².